The summed E-state index contributed by atoms with van der Waals surface area (Å²) in [5, 5.41) is 7.49. The molecule has 1 aliphatic heterocycles. The topological polar surface area (TPSA) is 71.8 Å². The summed E-state index contributed by atoms with van der Waals surface area (Å²) in [5.41, 5.74) is 6.16. The highest BCUT2D eigenvalue weighted by atomic mass is 16.5. The van der Waals surface area contributed by atoms with Gasteiger partial charge in [0.15, 0.2) is 5.82 Å². The molecule has 0 spiro atoms. The highest BCUT2D eigenvalue weighted by Crippen LogP contribution is 2.44. The van der Waals surface area contributed by atoms with Gasteiger partial charge in [0, 0.05) is 36.0 Å². The number of carbonyl (C=O) groups excluding carboxylic acids is 1. The zero-order valence-electron chi connectivity index (χ0n) is 24.2. The van der Waals surface area contributed by atoms with Crippen LogP contribution in [0.25, 0.3) is 16.6 Å². The van der Waals surface area contributed by atoms with Gasteiger partial charge < -0.3 is 10.1 Å². The molecule has 2 fully saturated rings. The first kappa shape index (κ1) is 26.4. The van der Waals surface area contributed by atoms with E-state index in [-0.39, 0.29) is 29.5 Å². The number of benzene rings is 2. The Kier molecular flexibility index (Phi) is 6.54. The Morgan fingerprint density at radius 3 is 2.31 bits per heavy atom. The van der Waals surface area contributed by atoms with E-state index in [1.807, 2.05) is 31.5 Å². The van der Waals surface area contributed by atoms with Crippen molar-refractivity contribution in [3.05, 3.63) is 114 Å². The van der Waals surface area contributed by atoms with Gasteiger partial charge in [-0.2, -0.15) is 5.10 Å². The third-order valence-electron chi connectivity index (χ3n) is 8.68. The number of carbonyl (C=O) groups is 1. The summed E-state index contributed by atoms with van der Waals surface area (Å²) >= 11 is 0. The van der Waals surface area contributed by atoms with Crippen molar-refractivity contribution in [2.75, 3.05) is 11.9 Å². The fourth-order valence-corrected chi connectivity index (χ4v) is 5.97. The minimum atomic E-state index is -0.220. The molecule has 4 heterocycles. The normalized spacial score (nSPS) is 18.1. The molecule has 1 aliphatic carbocycles. The van der Waals surface area contributed by atoms with Crippen LogP contribution in [-0.2, 0) is 4.79 Å². The number of amides is 1. The van der Waals surface area contributed by atoms with Crippen molar-refractivity contribution in [1.29, 1.82) is 0 Å². The van der Waals surface area contributed by atoms with E-state index in [0.717, 1.165) is 47.5 Å². The summed E-state index contributed by atoms with van der Waals surface area (Å²) in [4.78, 5) is 19.4. The predicted octanol–water partition coefficient (Wildman–Crippen LogP) is 6.68. The van der Waals surface area contributed by atoms with Crippen LogP contribution < -0.4 is 10.1 Å². The van der Waals surface area contributed by atoms with E-state index in [4.69, 9.17) is 4.74 Å². The quantitative estimate of drug-likeness (QED) is 0.230. The molecule has 42 heavy (non-hydrogen) atoms. The molecule has 2 aliphatic rings. The maximum Gasteiger partial charge on any atom is 0.228 e. The second kappa shape index (κ2) is 10.4. The first-order valence-corrected chi connectivity index (χ1v) is 14.7. The second-order valence-electron chi connectivity index (χ2n) is 12.0. The fraction of sp³-hybridized carbons (Fsp3) is 0.286. The minimum Gasteiger partial charge on any atom is -0.485 e. The molecule has 0 unspecified atom stereocenters. The molecule has 1 atom stereocenters. The van der Waals surface area contributed by atoms with Crippen LogP contribution in [0.15, 0.2) is 97.3 Å². The van der Waals surface area contributed by atoms with E-state index in [0.29, 0.717) is 5.82 Å². The van der Waals surface area contributed by atoms with Crippen LogP contribution in [0.5, 0.6) is 5.75 Å². The van der Waals surface area contributed by atoms with Crippen molar-refractivity contribution in [3.8, 4) is 16.9 Å². The number of rotatable bonds is 8. The van der Waals surface area contributed by atoms with Gasteiger partial charge in [-0.3, -0.25) is 14.7 Å². The van der Waals surface area contributed by atoms with Gasteiger partial charge in [0.1, 0.15) is 11.9 Å². The van der Waals surface area contributed by atoms with E-state index in [1.165, 1.54) is 11.1 Å². The lowest BCUT2D eigenvalue weighted by molar-refractivity contribution is -0.119. The number of ether oxygens (including phenoxy) is 1. The number of aromatic nitrogens is 3. The smallest absolute Gasteiger partial charge is 0.228 e. The standard InChI is InChI=1S/C35H35N5O2/c1-23-18-29(27-16-17-40-28(19-27)20-32(38-40)37-34(41)26-14-15-26)30(21-36-23)42-31-22-39(35(31,2)3)33(24-10-6-4-7-11-24)25-12-8-5-9-13-25/h4-13,16-21,26,31,33H,14-15,22H2,1-3H3,(H,37,38,41)/t31-/m0/s1. The van der Waals surface area contributed by atoms with Crippen molar-refractivity contribution >= 4 is 17.2 Å². The van der Waals surface area contributed by atoms with Crippen molar-refractivity contribution in [2.45, 2.75) is 51.3 Å². The average Bonchev–Trinajstić information content (AvgIpc) is 3.78. The van der Waals surface area contributed by atoms with E-state index >= 15 is 0 Å². The Morgan fingerprint density at radius 1 is 0.976 bits per heavy atom. The van der Waals surface area contributed by atoms with Crippen LogP contribution in [0.2, 0.25) is 0 Å². The van der Waals surface area contributed by atoms with Gasteiger partial charge in [-0.05, 0) is 68.5 Å². The maximum absolute atomic E-state index is 12.3. The molecule has 7 heteroatoms. The molecular formula is C35H35N5O2. The summed E-state index contributed by atoms with van der Waals surface area (Å²) < 4.78 is 8.57. The summed E-state index contributed by atoms with van der Waals surface area (Å²) in [7, 11) is 0. The number of fused-ring (bicyclic) bond motifs is 1. The molecule has 7 rings (SSSR count). The highest BCUT2D eigenvalue weighted by Gasteiger charge is 2.51. The monoisotopic (exact) mass is 557 g/mol. The number of nitrogens with one attached hydrogen (secondary N) is 1. The third-order valence-corrected chi connectivity index (χ3v) is 8.68. The molecule has 1 saturated heterocycles. The van der Waals surface area contributed by atoms with Crippen LogP contribution in [-0.4, -0.2) is 43.6 Å². The van der Waals surface area contributed by atoms with Crippen LogP contribution in [0, 0.1) is 12.8 Å². The lowest BCUT2D eigenvalue weighted by atomic mass is 9.80. The Labute approximate surface area is 246 Å². The first-order valence-electron chi connectivity index (χ1n) is 14.7. The highest BCUT2D eigenvalue weighted by molar-refractivity contribution is 5.93. The van der Waals surface area contributed by atoms with Crippen LogP contribution in [0.3, 0.4) is 0 Å². The Balaban J connectivity index is 1.15. The van der Waals surface area contributed by atoms with Gasteiger partial charge in [0.2, 0.25) is 5.91 Å². The minimum absolute atomic E-state index is 0.0152. The fourth-order valence-electron chi connectivity index (χ4n) is 5.97. The molecule has 0 radical (unpaired) electrons. The molecule has 5 aromatic rings. The maximum atomic E-state index is 12.3. The average molecular weight is 558 g/mol. The summed E-state index contributed by atoms with van der Waals surface area (Å²) in [6.45, 7) is 7.31. The number of hydrogen-bond donors (Lipinski definition) is 1. The van der Waals surface area contributed by atoms with Crippen molar-refractivity contribution < 1.29 is 9.53 Å². The van der Waals surface area contributed by atoms with E-state index in [2.05, 4.69) is 107 Å². The number of pyridine rings is 2. The van der Waals surface area contributed by atoms with E-state index < -0.39 is 0 Å². The number of nitrogens with zero attached hydrogens (tertiary/aromatic N) is 4. The number of hydrogen-bond acceptors (Lipinski definition) is 5. The van der Waals surface area contributed by atoms with Gasteiger partial charge in [0.25, 0.3) is 0 Å². The van der Waals surface area contributed by atoms with Gasteiger partial charge in [-0.1, -0.05) is 60.7 Å². The van der Waals surface area contributed by atoms with Gasteiger partial charge in [0.05, 0.1) is 23.3 Å². The molecular weight excluding hydrogens is 522 g/mol. The molecule has 7 nitrogen and oxygen atoms in total. The second-order valence-corrected chi connectivity index (χ2v) is 12.0. The number of likely N-dealkylation sites (tertiary alicyclic amines) is 1. The zero-order chi connectivity index (χ0) is 28.8. The number of aryl methyl sites for hydroxylation is 1. The number of anilines is 1. The van der Waals surface area contributed by atoms with Gasteiger partial charge in [-0.25, -0.2) is 4.52 Å². The lowest BCUT2D eigenvalue weighted by Gasteiger charge is -2.57. The van der Waals surface area contributed by atoms with E-state index in [9.17, 15) is 4.79 Å². The molecule has 1 saturated carbocycles. The lowest BCUT2D eigenvalue weighted by Crippen LogP contribution is -2.70. The zero-order valence-corrected chi connectivity index (χ0v) is 24.2. The predicted molar refractivity (Wildman–Crippen MR) is 164 cm³/mol. The van der Waals surface area contributed by atoms with Crippen LogP contribution in [0.4, 0.5) is 5.82 Å². The van der Waals surface area contributed by atoms with Crippen LogP contribution >= 0.6 is 0 Å². The summed E-state index contributed by atoms with van der Waals surface area (Å²) in [6.07, 6.45) is 5.68. The Hall–Kier alpha value is -4.49. The van der Waals surface area contributed by atoms with E-state index in [1.54, 1.807) is 4.52 Å². The van der Waals surface area contributed by atoms with Crippen molar-refractivity contribution in [1.82, 2.24) is 19.5 Å². The van der Waals surface area contributed by atoms with Crippen molar-refractivity contribution in [3.63, 3.8) is 0 Å². The van der Waals surface area contributed by atoms with Crippen molar-refractivity contribution in [2.24, 2.45) is 5.92 Å². The van der Waals surface area contributed by atoms with Gasteiger partial charge in [-0.15, -0.1) is 0 Å². The molecule has 3 aromatic heterocycles. The van der Waals surface area contributed by atoms with Gasteiger partial charge >= 0.3 is 0 Å². The molecule has 1 amide bonds. The Bertz CT molecular complexity index is 1700. The first-order chi connectivity index (χ1) is 20.4. The summed E-state index contributed by atoms with van der Waals surface area (Å²) in [5.74, 6) is 1.53. The van der Waals surface area contributed by atoms with Crippen LogP contribution in [0.1, 0.15) is 49.6 Å². The Morgan fingerprint density at radius 2 is 1.67 bits per heavy atom. The largest absolute Gasteiger partial charge is 0.485 e. The molecule has 0 bridgehead atoms. The molecule has 2 aromatic carbocycles. The molecule has 212 valence electrons. The summed E-state index contributed by atoms with van der Waals surface area (Å²) in [6, 6.07) is 29.6. The third kappa shape index (κ3) is 4.94. The molecule has 1 N–H and O–H groups in total. The SMILES string of the molecule is Cc1cc(-c2ccn3nc(NC(=O)C4CC4)cc3c2)c(O[C@H]2CN(C(c3ccccc3)c3ccccc3)C2(C)C)cn1.